The van der Waals surface area contributed by atoms with Crippen molar-refractivity contribution < 1.29 is 14.3 Å². The molecule has 130 valence electrons. The van der Waals surface area contributed by atoms with Crippen molar-refractivity contribution in [3.8, 4) is 5.75 Å². The molecule has 5 heteroatoms. The third-order valence-electron chi connectivity index (χ3n) is 5.18. The molecule has 1 heterocycles. The highest BCUT2D eigenvalue weighted by Crippen LogP contribution is 2.29. The van der Waals surface area contributed by atoms with E-state index in [9.17, 15) is 9.59 Å². The third-order valence-corrected chi connectivity index (χ3v) is 5.18. The lowest BCUT2D eigenvalue weighted by Gasteiger charge is -2.23. The maximum absolute atomic E-state index is 12.4. The van der Waals surface area contributed by atoms with Crippen LogP contribution in [0.15, 0.2) is 24.3 Å². The first-order valence-corrected chi connectivity index (χ1v) is 8.88. The standard InChI is InChI=1S/C19H26N2O3/c1-24-17-9-5-2-6-14(17)10-11-20-19(23)15-12-18(22)21(13-15)16-7-3-4-8-16/h2,5-6,9,15-16H,3-4,7-8,10-13H2,1H3,(H,20,23)/t15-/m0/s1. The van der Waals surface area contributed by atoms with E-state index in [1.165, 1.54) is 12.8 Å². The van der Waals surface area contributed by atoms with Gasteiger partial charge in [0.05, 0.1) is 13.0 Å². The first-order valence-electron chi connectivity index (χ1n) is 8.88. The predicted molar refractivity (Wildman–Crippen MR) is 91.8 cm³/mol. The molecule has 0 bridgehead atoms. The molecule has 1 aromatic rings. The first kappa shape index (κ1) is 16.8. The van der Waals surface area contributed by atoms with Crippen LogP contribution >= 0.6 is 0 Å². The normalized spacial score (nSPS) is 21.3. The third kappa shape index (κ3) is 3.71. The molecule has 1 aliphatic heterocycles. The molecule has 24 heavy (non-hydrogen) atoms. The van der Waals surface area contributed by atoms with Crippen molar-refractivity contribution in [3.63, 3.8) is 0 Å². The topological polar surface area (TPSA) is 58.6 Å². The van der Waals surface area contributed by atoms with Crippen LogP contribution in [0, 0.1) is 5.92 Å². The van der Waals surface area contributed by atoms with E-state index in [-0.39, 0.29) is 17.7 Å². The van der Waals surface area contributed by atoms with E-state index >= 15 is 0 Å². The number of hydrogen-bond donors (Lipinski definition) is 1. The van der Waals surface area contributed by atoms with Gasteiger partial charge in [0.15, 0.2) is 0 Å². The summed E-state index contributed by atoms with van der Waals surface area (Å²) >= 11 is 0. The molecule has 0 aromatic heterocycles. The minimum atomic E-state index is -0.198. The fraction of sp³-hybridized carbons (Fsp3) is 0.579. The van der Waals surface area contributed by atoms with E-state index < -0.39 is 0 Å². The zero-order chi connectivity index (χ0) is 16.9. The minimum absolute atomic E-state index is 0.00116. The number of likely N-dealkylation sites (tertiary alicyclic amines) is 1. The van der Waals surface area contributed by atoms with Crippen LogP contribution in [0.5, 0.6) is 5.75 Å². The van der Waals surface area contributed by atoms with Gasteiger partial charge in [0.2, 0.25) is 11.8 Å². The second kappa shape index (κ2) is 7.69. The Balaban J connectivity index is 1.48. The lowest BCUT2D eigenvalue weighted by Crippen LogP contribution is -2.37. The molecule has 2 fully saturated rings. The van der Waals surface area contributed by atoms with Crippen molar-refractivity contribution in [2.45, 2.75) is 44.6 Å². The van der Waals surface area contributed by atoms with Crippen LogP contribution in [0.3, 0.4) is 0 Å². The predicted octanol–water partition coefficient (Wildman–Crippen LogP) is 2.14. The molecule has 0 radical (unpaired) electrons. The van der Waals surface area contributed by atoms with Crippen LogP contribution in [0.25, 0.3) is 0 Å². The second-order valence-corrected chi connectivity index (χ2v) is 6.74. The van der Waals surface area contributed by atoms with Crippen LogP contribution in [0.4, 0.5) is 0 Å². The van der Waals surface area contributed by atoms with E-state index in [1.807, 2.05) is 29.2 Å². The largest absolute Gasteiger partial charge is 0.496 e. The Hall–Kier alpha value is -2.04. The summed E-state index contributed by atoms with van der Waals surface area (Å²) in [5.41, 5.74) is 1.08. The molecule has 3 rings (SSSR count). The van der Waals surface area contributed by atoms with Crippen molar-refractivity contribution in [2.75, 3.05) is 20.2 Å². The van der Waals surface area contributed by atoms with Gasteiger partial charge in [0.25, 0.3) is 0 Å². The van der Waals surface area contributed by atoms with Gasteiger partial charge in [-0.2, -0.15) is 0 Å². The maximum atomic E-state index is 12.4. The number of hydrogen-bond acceptors (Lipinski definition) is 3. The first-order chi connectivity index (χ1) is 11.7. The minimum Gasteiger partial charge on any atom is -0.496 e. The number of rotatable bonds is 6. The Bertz CT molecular complexity index is 596. The van der Waals surface area contributed by atoms with Gasteiger partial charge >= 0.3 is 0 Å². The number of ether oxygens (including phenoxy) is 1. The number of amides is 2. The summed E-state index contributed by atoms with van der Waals surface area (Å²) in [4.78, 5) is 26.5. The smallest absolute Gasteiger partial charge is 0.225 e. The molecule has 0 unspecified atom stereocenters. The fourth-order valence-corrected chi connectivity index (χ4v) is 3.85. The SMILES string of the molecule is COc1ccccc1CCNC(=O)[C@H]1CC(=O)N(C2CCCC2)C1. The summed E-state index contributed by atoms with van der Waals surface area (Å²) in [7, 11) is 1.65. The maximum Gasteiger partial charge on any atom is 0.225 e. The van der Waals surface area contributed by atoms with E-state index in [1.54, 1.807) is 7.11 Å². The number of methoxy groups -OCH3 is 1. The number of carbonyl (C=O) groups is 2. The van der Waals surface area contributed by atoms with Crippen molar-refractivity contribution >= 4 is 11.8 Å². The zero-order valence-corrected chi connectivity index (χ0v) is 14.3. The molecular weight excluding hydrogens is 304 g/mol. The van der Waals surface area contributed by atoms with Gasteiger partial charge in [-0.05, 0) is 30.9 Å². The molecule has 1 saturated heterocycles. The highest BCUT2D eigenvalue weighted by molar-refractivity contribution is 5.89. The van der Waals surface area contributed by atoms with Gasteiger partial charge in [-0.25, -0.2) is 0 Å². The molecule has 0 spiro atoms. The Kier molecular flexibility index (Phi) is 5.38. The van der Waals surface area contributed by atoms with Crippen molar-refractivity contribution in [2.24, 2.45) is 5.92 Å². The van der Waals surface area contributed by atoms with Gasteiger partial charge in [-0.3, -0.25) is 9.59 Å². The monoisotopic (exact) mass is 330 g/mol. The summed E-state index contributed by atoms with van der Waals surface area (Å²) < 4.78 is 5.32. The van der Waals surface area contributed by atoms with E-state index in [0.717, 1.165) is 30.6 Å². The van der Waals surface area contributed by atoms with Gasteiger partial charge in [-0.15, -0.1) is 0 Å². The highest BCUT2D eigenvalue weighted by Gasteiger charge is 2.38. The summed E-state index contributed by atoms with van der Waals surface area (Å²) in [6, 6.07) is 8.19. The van der Waals surface area contributed by atoms with Crippen LogP contribution in [0.1, 0.15) is 37.7 Å². The molecular formula is C19H26N2O3. The molecule has 1 aromatic carbocycles. The number of para-hydroxylation sites is 1. The Labute approximate surface area is 143 Å². The van der Waals surface area contributed by atoms with E-state index in [2.05, 4.69) is 5.32 Å². The van der Waals surface area contributed by atoms with Crippen LogP contribution in [-0.2, 0) is 16.0 Å². The Morgan fingerprint density at radius 1 is 1.29 bits per heavy atom. The van der Waals surface area contributed by atoms with E-state index in [4.69, 9.17) is 4.74 Å². The summed E-state index contributed by atoms with van der Waals surface area (Å²) in [5, 5.41) is 2.98. The van der Waals surface area contributed by atoms with Crippen LogP contribution < -0.4 is 10.1 Å². The molecule has 2 aliphatic rings. The summed E-state index contributed by atoms with van der Waals surface area (Å²) in [6.45, 7) is 1.15. The Morgan fingerprint density at radius 2 is 2.04 bits per heavy atom. The number of nitrogens with one attached hydrogen (secondary N) is 1. The molecule has 1 atom stereocenters. The Morgan fingerprint density at radius 3 is 2.79 bits per heavy atom. The van der Waals surface area contributed by atoms with E-state index in [0.29, 0.717) is 25.6 Å². The summed E-state index contributed by atoms with van der Waals surface area (Å²) in [5.74, 6) is 0.788. The lowest BCUT2D eigenvalue weighted by atomic mass is 10.1. The molecule has 1 aliphatic carbocycles. The average Bonchev–Trinajstić information content (AvgIpc) is 3.24. The fourth-order valence-electron chi connectivity index (χ4n) is 3.85. The van der Waals surface area contributed by atoms with Gasteiger partial charge < -0.3 is 15.0 Å². The van der Waals surface area contributed by atoms with Crippen molar-refractivity contribution in [1.82, 2.24) is 10.2 Å². The molecule has 1 saturated carbocycles. The number of nitrogens with zero attached hydrogens (tertiary/aromatic N) is 1. The lowest BCUT2D eigenvalue weighted by molar-refractivity contribution is -0.130. The van der Waals surface area contributed by atoms with Crippen molar-refractivity contribution in [1.29, 1.82) is 0 Å². The van der Waals surface area contributed by atoms with Crippen LogP contribution in [-0.4, -0.2) is 43.0 Å². The quantitative estimate of drug-likeness (QED) is 0.869. The number of benzene rings is 1. The van der Waals surface area contributed by atoms with Crippen LogP contribution in [0.2, 0.25) is 0 Å². The van der Waals surface area contributed by atoms with Gasteiger partial charge in [-0.1, -0.05) is 31.0 Å². The second-order valence-electron chi connectivity index (χ2n) is 6.74. The average molecular weight is 330 g/mol. The zero-order valence-electron chi connectivity index (χ0n) is 14.3. The number of carbonyl (C=O) groups excluding carboxylic acids is 2. The van der Waals surface area contributed by atoms with Gasteiger partial charge in [0, 0.05) is 25.6 Å². The molecule has 2 amide bonds. The van der Waals surface area contributed by atoms with Gasteiger partial charge in [0.1, 0.15) is 5.75 Å². The summed E-state index contributed by atoms with van der Waals surface area (Å²) in [6.07, 6.45) is 5.66. The molecule has 5 nitrogen and oxygen atoms in total. The van der Waals surface area contributed by atoms with Crippen molar-refractivity contribution in [3.05, 3.63) is 29.8 Å². The highest BCUT2D eigenvalue weighted by atomic mass is 16.5. The molecule has 1 N–H and O–H groups in total.